The first-order valence-corrected chi connectivity index (χ1v) is 9.37. The number of methoxy groups -OCH3 is 1. The van der Waals surface area contributed by atoms with Gasteiger partial charge in [0.25, 0.3) is 0 Å². The van der Waals surface area contributed by atoms with Crippen molar-refractivity contribution < 1.29 is 32.3 Å². The number of carbonyl (C=O) groups is 1. The number of pyridine rings is 1. The van der Waals surface area contributed by atoms with Crippen molar-refractivity contribution in [3.8, 4) is 16.9 Å². The topological polar surface area (TPSA) is 70.0 Å². The SMILES string of the molecule is CO/N=C(/C(=O)OC)c1ccccc1COc1cccc(-c2ccc(C(F)(F)F)nc2)c1. The number of rotatable bonds is 7. The number of hydrogen-bond donors (Lipinski definition) is 0. The molecule has 0 N–H and O–H groups in total. The molecule has 9 heteroatoms. The smallest absolute Gasteiger partial charge is 0.433 e. The highest BCUT2D eigenvalue weighted by atomic mass is 19.4. The van der Waals surface area contributed by atoms with E-state index >= 15 is 0 Å². The third kappa shape index (κ3) is 5.42. The second-order valence-corrected chi connectivity index (χ2v) is 6.52. The lowest BCUT2D eigenvalue weighted by molar-refractivity contribution is -0.141. The maximum absolute atomic E-state index is 12.7. The number of nitrogens with zero attached hydrogens (tertiary/aromatic N) is 2. The van der Waals surface area contributed by atoms with Gasteiger partial charge < -0.3 is 14.3 Å². The lowest BCUT2D eigenvalue weighted by Gasteiger charge is -2.12. The Labute approximate surface area is 182 Å². The van der Waals surface area contributed by atoms with Gasteiger partial charge in [0, 0.05) is 17.3 Å². The van der Waals surface area contributed by atoms with E-state index in [0.717, 1.165) is 6.07 Å². The van der Waals surface area contributed by atoms with Gasteiger partial charge in [0.05, 0.1) is 7.11 Å². The molecule has 0 aliphatic rings. The summed E-state index contributed by atoms with van der Waals surface area (Å²) in [4.78, 5) is 20.3. The molecule has 0 radical (unpaired) electrons. The highest BCUT2D eigenvalue weighted by Crippen LogP contribution is 2.30. The minimum atomic E-state index is -4.49. The number of ether oxygens (including phenoxy) is 2. The van der Waals surface area contributed by atoms with Gasteiger partial charge >= 0.3 is 12.1 Å². The van der Waals surface area contributed by atoms with Gasteiger partial charge in [-0.1, -0.05) is 47.6 Å². The molecule has 1 heterocycles. The molecule has 0 amide bonds. The second kappa shape index (κ2) is 9.95. The van der Waals surface area contributed by atoms with Gasteiger partial charge in [-0.05, 0) is 29.3 Å². The Morgan fingerprint density at radius 3 is 2.44 bits per heavy atom. The minimum Gasteiger partial charge on any atom is -0.489 e. The zero-order chi connectivity index (χ0) is 23.1. The van der Waals surface area contributed by atoms with Crippen molar-refractivity contribution in [1.82, 2.24) is 4.98 Å². The Balaban J connectivity index is 1.81. The quantitative estimate of drug-likeness (QED) is 0.295. The van der Waals surface area contributed by atoms with E-state index in [-0.39, 0.29) is 12.3 Å². The van der Waals surface area contributed by atoms with Crippen molar-refractivity contribution in [3.63, 3.8) is 0 Å². The average Bonchev–Trinajstić information content (AvgIpc) is 2.81. The fourth-order valence-electron chi connectivity index (χ4n) is 2.92. The number of halogens is 3. The summed E-state index contributed by atoms with van der Waals surface area (Å²) in [6.07, 6.45) is -3.33. The number of carbonyl (C=O) groups excluding carboxylic acids is 1. The van der Waals surface area contributed by atoms with E-state index in [9.17, 15) is 18.0 Å². The molecule has 3 aromatic rings. The van der Waals surface area contributed by atoms with E-state index in [1.54, 1.807) is 48.5 Å². The molecule has 0 saturated carbocycles. The van der Waals surface area contributed by atoms with Crippen molar-refractivity contribution in [2.75, 3.05) is 14.2 Å². The van der Waals surface area contributed by atoms with E-state index in [4.69, 9.17) is 14.3 Å². The van der Waals surface area contributed by atoms with Gasteiger partial charge in [-0.25, -0.2) is 4.79 Å². The van der Waals surface area contributed by atoms with Crippen molar-refractivity contribution in [1.29, 1.82) is 0 Å². The van der Waals surface area contributed by atoms with Gasteiger partial charge in [-0.15, -0.1) is 0 Å². The Bertz CT molecular complexity index is 1110. The van der Waals surface area contributed by atoms with Gasteiger partial charge in [-0.2, -0.15) is 13.2 Å². The number of aromatic nitrogens is 1. The molecular formula is C23H19F3N2O4. The monoisotopic (exact) mass is 444 g/mol. The lowest BCUT2D eigenvalue weighted by atomic mass is 10.0. The van der Waals surface area contributed by atoms with Crippen LogP contribution in [0.2, 0.25) is 0 Å². The molecule has 0 saturated heterocycles. The molecule has 0 bridgehead atoms. The zero-order valence-corrected chi connectivity index (χ0v) is 17.2. The number of oxime groups is 1. The molecule has 166 valence electrons. The largest absolute Gasteiger partial charge is 0.489 e. The molecule has 0 aliphatic carbocycles. The lowest BCUT2D eigenvalue weighted by Crippen LogP contribution is -2.19. The van der Waals surface area contributed by atoms with Crippen LogP contribution in [0, 0.1) is 0 Å². The summed E-state index contributed by atoms with van der Waals surface area (Å²) < 4.78 is 48.8. The summed E-state index contributed by atoms with van der Waals surface area (Å²) >= 11 is 0. The van der Waals surface area contributed by atoms with E-state index in [1.165, 1.54) is 26.5 Å². The van der Waals surface area contributed by atoms with Crippen LogP contribution in [0.15, 0.2) is 72.0 Å². The van der Waals surface area contributed by atoms with E-state index < -0.39 is 17.8 Å². The first-order chi connectivity index (χ1) is 15.3. The number of hydrogen-bond acceptors (Lipinski definition) is 6. The van der Waals surface area contributed by atoms with Gasteiger partial charge in [0.15, 0.2) is 5.71 Å². The van der Waals surface area contributed by atoms with Crippen LogP contribution in [0.25, 0.3) is 11.1 Å². The molecule has 0 spiro atoms. The first-order valence-electron chi connectivity index (χ1n) is 9.37. The van der Waals surface area contributed by atoms with Crippen LogP contribution < -0.4 is 4.74 Å². The van der Waals surface area contributed by atoms with E-state index in [1.807, 2.05) is 0 Å². The third-order valence-electron chi connectivity index (χ3n) is 4.45. The first kappa shape index (κ1) is 22.8. The summed E-state index contributed by atoms with van der Waals surface area (Å²) in [5.74, 6) is -0.170. The van der Waals surface area contributed by atoms with Crippen LogP contribution in [-0.2, 0) is 27.2 Å². The van der Waals surface area contributed by atoms with Crippen LogP contribution in [-0.4, -0.2) is 30.9 Å². The van der Waals surface area contributed by atoms with Gasteiger partial charge in [0.1, 0.15) is 25.2 Å². The maximum Gasteiger partial charge on any atom is 0.433 e. The highest BCUT2D eigenvalue weighted by molar-refractivity contribution is 6.43. The fourth-order valence-corrected chi connectivity index (χ4v) is 2.92. The predicted molar refractivity (Wildman–Crippen MR) is 111 cm³/mol. The van der Waals surface area contributed by atoms with Crippen LogP contribution in [0.1, 0.15) is 16.8 Å². The van der Waals surface area contributed by atoms with Crippen molar-refractivity contribution >= 4 is 11.7 Å². The van der Waals surface area contributed by atoms with E-state index in [0.29, 0.717) is 28.0 Å². The Hall–Kier alpha value is -3.88. The summed E-state index contributed by atoms with van der Waals surface area (Å²) in [5.41, 5.74) is 1.36. The van der Waals surface area contributed by atoms with Crippen LogP contribution in [0.5, 0.6) is 5.75 Å². The molecule has 32 heavy (non-hydrogen) atoms. The molecule has 2 aromatic carbocycles. The summed E-state index contributed by atoms with van der Waals surface area (Å²) in [6.45, 7) is 0.102. The minimum absolute atomic E-state index is 0.00113. The van der Waals surface area contributed by atoms with Crippen molar-refractivity contribution in [2.24, 2.45) is 5.16 Å². The van der Waals surface area contributed by atoms with Crippen molar-refractivity contribution in [3.05, 3.63) is 83.7 Å². The molecule has 6 nitrogen and oxygen atoms in total. The molecule has 3 rings (SSSR count). The zero-order valence-electron chi connectivity index (χ0n) is 17.2. The third-order valence-corrected chi connectivity index (χ3v) is 4.45. The maximum atomic E-state index is 12.7. The van der Waals surface area contributed by atoms with Gasteiger partial charge in [-0.3, -0.25) is 4.98 Å². The summed E-state index contributed by atoms with van der Waals surface area (Å²) in [7, 11) is 2.57. The number of benzene rings is 2. The molecule has 0 fully saturated rings. The fraction of sp³-hybridized carbons (Fsp3) is 0.174. The number of esters is 1. The molecule has 0 unspecified atom stereocenters. The summed E-state index contributed by atoms with van der Waals surface area (Å²) in [5, 5.41) is 3.76. The Morgan fingerprint density at radius 1 is 1.00 bits per heavy atom. The highest BCUT2D eigenvalue weighted by Gasteiger charge is 2.32. The average molecular weight is 444 g/mol. The van der Waals surface area contributed by atoms with E-state index in [2.05, 4.69) is 10.1 Å². The van der Waals surface area contributed by atoms with Crippen LogP contribution in [0.3, 0.4) is 0 Å². The number of alkyl halides is 3. The standard InChI is InChI=1S/C23H19F3N2O4/c1-30-22(29)21(28-31-2)19-9-4-3-6-17(19)14-32-18-8-5-7-15(12-18)16-10-11-20(27-13-16)23(24,25)26/h3-13H,14H2,1-2H3/b28-21+. The Kier molecular flexibility index (Phi) is 7.09. The predicted octanol–water partition coefficient (Wildman–Crippen LogP) is 4.87. The van der Waals surface area contributed by atoms with Crippen LogP contribution in [0.4, 0.5) is 13.2 Å². The Morgan fingerprint density at radius 2 is 1.78 bits per heavy atom. The second-order valence-electron chi connectivity index (χ2n) is 6.52. The normalized spacial score (nSPS) is 11.7. The summed E-state index contributed by atoms with van der Waals surface area (Å²) in [6, 6.07) is 16.2. The molecule has 0 aliphatic heterocycles. The van der Waals surface area contributed by atoms with Crippen molar-refractivity contribution in [2.45, 2.75) is 12.8 Å². The molecule has 0 atom stereocenters. The van der Waals surface area contributed by atoms with Gasteiger partial charge in [0.2, 0.25) is 0 Å². The molecule has 1 aromatic heterocycles. The molecular weight excluding hydrogens is 425 g/mol. The van der Waals surface area contributed by atoms with Crippen LogP contribution >= 0.6 is 0 Å².